The lowest BCUT2D eigenvalue weighted by atomic mass is 10.1. The van der Waals surface area contributed by atoms with E-state index in [2.05, 4.69) is 10.4 Å². The van der Waals surface area contributed by atoms with Gasteiger partial charge in [0.1, 0.15) is 11.6 Å². The summed E-state index contributed by atoms with van der Waals surface area (Å²) in [4.78, 5) is 24.3. The van der Waals surface area contributed by atoms with Crippen LogP contribution in [0.3, 0.4) is 0 Å². The molecule has 0 radical (unpaired) electrons. The number of benzene rings is 1. The van der Waals surface area contributed by atoms with Crippen molar-refractivity contribution in [2.75, 3.05) is 11.9 Å². The van der Waals surface area contributed by atoms with Crippen LogP contribution in [0.25, 0.3) is 0 Å². The first-order valence-corrected chi connectivity index (χ1v) is 9.22. The number of amides is 1. The number of aryl methyl sites for hydroxylation is 2. The zero-order chi connectivity index (χ0) is 19.4. The summed E-state index contributed by atoms with van der Waals surface area (Å²) in [5, 5.41) is 6.87. The molecule has 1 aliphatic rings. The van der Waals surface area contributed by atoms with Gasteiger partial charge in [0.05, 0.1) is 6.20 Å². The van der Waals surface area contributed by atoms with Gasteiger partial charge in [0.2, 0.25) is 0 Å². The Morgan fingerprint density at radius 3 is 2.74 bits per heavy atom. The molecule has 0 spiro atoms. The summed E-state index contributed by atoms with van der Waals surface area (Å²) >= 11 is 0. The van der Waals surface area contributed by atoms with E-state index in [0.717, 1.165) is 19.3 Å². The van der Waals surface area contributed by atoms with Gasteiger partial charge in [-0.1, -0.05) is 6.07 Å². The number of hydrogen-bond acceptors (Lipinski definition) is 5. The molecule has 0 saturated heterocycles. The lowest BCUT2D eigenvalue weighted by Crippen LogP contribution is -2.32. The summed E-state index contributed by atoms with van der Waals surface area (Å²) < 4.78 is 12.4. The second-order valence-electron chi connectivity index (χ2n) is 6.95. The van der Waals surface area contributed by atoms with Crippen LogP contribution in [0.2, 0.25) is 0 Å². The molecule has 1 aromatic heterocycles. The van der Waals surface area contributed by atoms with Crippen molar-refractivity contribution >= 4 is 17.7 Å². The number of nitrogens with one attached hydrogen (secondary N) is 1. The lowest BCUT2D eigenvalue weighted by Gasteiger charge is -2.16. The van der Waals surface area contributed by atoms with Crippen LogP contribution in [-0.4, -0.2) is 34.4 Å². The Bertz CT molecular complexity index is 828. The highest BCUT2D eigenvalue weighted by Gasteiger charge is 2.20. The van der Waals surface area contributed by atoms with E-state index in [-0.39, 0.29) is 12.6 Å². The average Bonchev–Trinajstić information content (AvgIpc) is 3.28. The summed E-state index contributed by atoms with van der Waals surface area (Å²) in [5.74, 6) is 0.205. The van der Waals surface area contributed by atoms with Gasteiger partial charge >= 0.3 is 5.97 Å². The maximum absolute atomic E-state index is 12.3. The first kappa shape index (κ1) is 18.9. The second kappa shape index (κ2) is 8.24. The van der Waals surface area contributed by atoms with Crippen molar-refractivity contribution in [1.82, 2.24) is 9.78 Å². The van der Waals surface area contributed by atoms with Gasteiger partial charge in [0.15, 0.2) is 12.7 Å². The third kappa shape index (κ3) is 4.67. The summed E-state index contributed by atoms with van der Waals surface area (Å²) in [6, 6.07) is 7.67. The van der Waals surface area contributed by atoms with Gasteiger partial charge in [-0.05, 0) is 63.3 Å². The number of anilines is 1. The minimum atomic E-state index is -0.934. The number of hydrogen-bond donors (Lipinski definition) is 1. The molecule has 2 aromatic rings. The molecule has 7 nitrogen and oxygen atoms in total. The van der Waals surface area contributed by atoms with Crippen molar-refractivity contribution in [1.29, 1.82) is 0 Å². The van der Waals surface area contributed by atoms with Gasteiger partial charge in [-0.25, -0.2) is 9.48 Å². The maximum atomic E-state index is 12.3. The average molecular weight is 371 g/mol. The number of esters is 1. The van der Waals surface area contributed by atoms with E-state index in [1.807, 2.05) is 32.0 Å². The molecule has 1 aliphatic carbocycles. The fourth-order valence-corrected chi connectivity index (χ4v) is 3.12. The van der Waals surface area contributed by atoms with Crippen molar-refractivity contribution in [3.05, 3.63) is 41.6 Å². The van der Waals surface area contributed by atoms with Crippen LogP contribution < -0.4 is 10.1 Å². The predicted octanol–water partition coefficient (Wildman–Crippen LogP) is 2.90. The van der Waals surface area contributed by atoms with E-state index in [1.165, 1.54) is 18.1 Å². The number of carbonyl (C=O) groups excluding carboxylic acids is 2. The molecule has 1 atom stereocenters. The topological polar surface area (TPSA) is 82.5 Å². The Balaban J connectivity index is 1.48. The molecule has 7 heteroatoms. The van der Waals surface area contributed by atoms with Crippen LogP contribution >= 0.6 is 0 Å². The van der Waals surface area contributed by atoms with E-state index in [1.54, 1.807) is 16.9 Å². The molecular weight excluding hydrogens is 346 g/mol. The van der Waals surface area contributed by atoms with Crippen molar-refractivity contribution < 1.29 is 19.1 Å². The van der Waals surface area contributed by atoms with Crippen LogP contribution in [0.1, 0.15) is 44.4 Å². The molecule has 0 aliphatic heterocycles. The number of carbonyl (C=O) groups is 2. The van der Waals surface area contributed by atoms with Gasteiger partial charge in [-0.15, -0.1) is 0 Å². The molecular formula is C20H25N3O4. The smallest absolute Gasteiger partial charge is 0.344 e. The highest BCUT2D eigenvalue weighted by atomic mass is 16.6. The summed E-state index contributed by atoms with van der Waals surface area (Å²) in [7, 11) is 0. The van der Waals surface area contributed by atoms with E-state index >= 15 is 0 Å². The summed E-state index contributed by atoms with van der Waals surface area (Å²) in [5.41, 5.74) is 2.62. The minimum absolute atomic E-state index is 0.105. The third-order valence-electron chi connectivity index (χ3n) is 4.51. The van der Waals surface area contributed by atoms with Crippen molar-refractivity contribution in [3.8, 4) is 5.75 Å². The molecule has 1 amide bonds. The van der Waals surface area contributed by atoms with Crippen LogP contribution in [-0.2, 0) is 27.2 Å². The molecule has 0 bridgehead atoms. The highest BCUT2D eigenvalue weighted by molar-refractivity contribution is 5.94. The first-order chi connectivity index (χ1) is 12.9. The predicted molar refractivity (Wildman–Crippen MR) is 101 cm³/mol. The summed E-state index contributed by atoms with van der Waals surface area (Å²) in [6.07, 6.45) is 3.97. The SMILES string of the molecule is CC(C)n1nccc1NC(=O)[C@@H](C)OC(=O)COc1ccc2c(c1)CCC2. The molecule has 144 valence electrons. The zero-order valence-corrected chi connectivity index (χ0v) is 15.9. The Hall–Kier alpha value is -2.83. The molecule has 3 rings (SSSR count). The fourth-order valence-electron chi connectivity index (χ4n) is 3.12. The number of rotatable bonds is 7. The van der Waals surface area contributed by atoms with Crippen molar-refractivity contribution in [3.63, 3.8) is 0 Å². The van der Waals surface area contributed by atoms with Crippen LogP contribution in [0.4, 0.5) is 5.82 Å². The van der Waals surface area contributed by atoms with Gasteiger partial charge < -0.3 is 14.8 Å². The first-order valence-electron chi connectivity index (χ1n) is 9.22. The van der Waals surface area contributed by atoms with E-state index in [9.17, 15) is 9.59 Å². The molecule has 1 aromatic carbocycles. The normalized spacial score (nSPS) is 13.9. The quantitative estimate of drug-likeness (QED) is 0.757. The zero-order valence-electron chi connectivity index (χ0n) is 15.9. The standard InChI is InChI=1S/C20H25N3O4/c1-13(2)23-18(9-10-21-23)22-20(25)14(3)27-19(24)12-26-17-8-7-15-5-4-6-16(15)11-17/h7-11,13-14H,4-6,12H2,1-3H3,(H,22,25)/t14-/m1/s1. The van der Waals surface area contributed by atoms with E-state index < -0.39 is 18.0 Å². The van der Waals surface area contributed by atoms with Crippen LogP contribution in [0, 0.1) is 0 Å². The van der Waals surface area contributed by atoms with Gasteiger partial charge in [-0.3, -0.25) is 4.79 Å². The van der Waals surface area contributed by atoms with Crippen molar-refractivity contribution in [2.24, 2.45) is 0 Å². The van der Waals surface area contributed by atoms with Gasteiger partial charge in [0.25, 0.3) is 5.91 Å². The molecule has 27 heavy (non-hydrogen) atoms. The highest BCUT2D eigenvalue weighted by Crippen LogP contribution is 2.26. The molecule has 0 fully saturated rings. The number of fused-ring (bicyclic) bond motifs is 1. The van der Waals surface area contributed by atoms with Gasteiger partial charge in [-0.2, -0.15) is 5.10 Å². The Morgan fingerprint density at radius 1 is 1.19 bits per heavy atom. The van der Waals surface area contributed by atoms with E-state index in [4.69, 9.17) is 9.47 Å². The van der Waals surface area contributed by atoms with Crippen LogP contribution in [0.15, 0.2) is 30.5 Å². The number of aromatic nitrogens is 2. The molecule has 1 heterocycles. The Labute approximate surface area is 158 Å². The minimum Gasteiger partial charge on any atom is -0.482 e. The van der Waals surface area contributed by atoms with E-state index in [0.29, 0.717) is 11.6 Å². The third-order valence-corrected chi connectivity index (χ3v) is 4.51. The monoisotopic (exact) mass is 371 g/mol. The second-order valence-corrected chi connectivity index (χ2v) is 6.95. The molecule has 0 unspecified atom stereocenters. The van der Waals surface area contributed by atoms with Crippen molar-refractivity contribution in [2.45, 2.75) is 52.2 Å². The lowest BCUT2D eigenvalue weighted by molar-refractivity contribution is -0.155. The molecule has 1 N–H and O–H groups in total. The fraction of sp³-hybridized carbons (Fsp3) is 0.450. The van der Waals surface area contributed by atoms with Gasteiger partial charge in [0, 0.05) is 12.1 Å². The Kier molecular flexibility index (Phi) is 5.78. The maximum Gasteiger partial charge on any atom is 0.344 e. The molecule has 0 saturated carbocycles. The largest absolute Gasteiger partial charge is 0.482 e. The number of ether oxygens (including phenoxy) is 2. The van der Waals surface area contributed by atoms with Crippen LogP contribution in [0.5, 0.6) is 5.75 Å². The number of nitrogens with zero attached hydrogens (tertiary/aromatic N) is 2. The Morgan fingerprint density at radius 2 is 1.96 bits per heavy atom. The summed E-state index contributed by atoms with van der Waals surface area (Å²) in [6.45, 7) is 5.21.